The molecule has 1 rings (SSSR count). The van der Waals surface area contributed by atoms with E-state index in [9.17, 15) is 13.6 Å². The number of hydrogen-bond donors (Lipinski definition) is 1. The van der Waals surface area contributed by atoms with Gasteiger partial charge in [0.25, 0.3) is 6.43 Å². The van der Waals surface area contributed by atoms with Gasteiger partial charge in [-0.2, -0.15) is 0 Å². The van der Waals surface area contributed by atoms with Crippen LogP contribution in [0.3, 0.4) is 0 Å². The van der Waals surface area contributed by atoms with Crippen LogP contribution in [0, 0.1) is 0 Å². The van der Waals surface area contributed by atoms with Gasteiger partial charge in [-0.25, -0.2) is 13.6 Å². The first-order valence-electron chi connectivity index (χ1n) is 3.94. The summed E-state index contributed by atoms with van der Waals surface area (Å²) in [4.78, 5) is 10.6. The van der Waals surface area contributed by atoms with Crippen LogP contribution in [0.4, 0.5) is 8.78 Å². The number of benzene rings is 1. The van der Waals surface area contributed by atoms with E-state index in [1.54, 1.807) is 0 Å². The van der Waals surface area contributed by atoms with Gasteiger partial charge in [0, 0.05) is 0 Å². The Morgan fingerprint density at radius 2 is 2.20 bits per heavy atom. The topological polar surface area (TPSA) is 46.5 Å². The Bertz CT molecular complexity index is 368. The second-order valence-electron chi connectivity index (χ2n) is 2.65. The molecule has 0 fully saturated rings. The quantitative estimate of drug-likeness (QED) is 0.874. The maximum absolute atomic E-state index is 11.8. The fourth-order valence-electron chi connectivity index (χ4n) is 0.918. The van der Waals surface area contributed by atoms with Crippen LogP contribution in [-0.4, -0.2) is 24.1 Å². The highest BCUT2D eigenvalue weighted by Gasteiger charge is 2.10. The number of hydrogen-bond acceptors (Lipinski definition) is 2. The van der Waals surface area contributed by atoms with Crippen molar-refractivity contribution in [1.29, 1.82) is 0 Å². The first-order valence-corrected chi connectivity index (χ1v) is 4.32. The molecule has 0 aliphatic rings. The predicted molar refractivity (Wildman–Crippen MR) is 49.9 cm³/mol. The average Bonchev–Trinajstić information content (AvgIpc) is 2.14. The maximum atomic E-state index is 11.8. The number of carboxylic acids is 1. The molecule has 0 radical (unpaired) electrons. The van der Waals surface area contributed by atoms with Crippen molar-refractivity contribution in [2.45, 2.75) is 6.43 Å². The molecule has 0 aromatic heterocycles. The lowest BCUT2D eigenvalue weighted by Gasteiger charge is -2.06. The molecule has 0 spiro atoms. The molecule has 0 unspecified atom stereocenters. The largest absolute Gasteiger partial charge is 0.488 e. The number of alkyl halides is 2. The van der Waals surface area contributed by atoms with Gasteiger partial charge in [0.05, 0.1) is 10.6 Å². The van der Waals surface area contributed by atoms with E-state index in [1.165, 1.54) is 18.2 Å². The maximum Gasteiger partial charge on any atom is 0.337 e. The normalized spacial score (nSPS) is 10.4. The molecule has 0 amide bonds. The predicted octanol–water partition coefficient (Wildman–Crippen LogP) is 2.68. The van der Waals surface area contributed by atoms with Gasteiger partial charge in [-0.05, 0) is 18.2 Å². The molecule has 15 heavy (non-hydrogen) atoms. The Kier molecular flexibility index (Phi) is 3.85. The molecule has 6 heteroatoms. The van der Waals surface area contributed by atoms with Crippen LogP contribution in [0.15, 0.2) is 18.2 Å². The van der Waals surface area contributed by atoms with Crippen LogP contribution < -0.4 is 4.74 Å². The summed E-state index contributed by atoms with van der Waals surface area (Å²) in [5.41, 5.74) is -0.0962. The first-order chi connectivity index (χ1) is 7.00. The molecule has 0 bridgehead atoms. The van der Waals surface area contributed by atoms with Crippen molar-refractivity contribution < 1.29 is 23.4 Å². The highest BCUT2D eigenvalue weighted by Crippen LogP contribution is 2.22. The summed E-state index contributed by atoms with van der Waals surface area (Å²) in [7, 11) is 0. The van der Waals surface area contributed by atoms with Gasteiger partial charge in [0.15, 0.2) is 0 Å². The summed E-state index contributed by atoms with van der Waals surface area (Å²) in [6.07, 6.45) is -2.58. The Hall–Kier alpha value is -1.36. The van der Waals surface area contributed by atoms with Crippen molar-refractivity contribution in [2.24, 2.45) is 0 Å². The van der Waals surface area contributed by atoms with Crippen molar-refractivity contribution in [3.05, 3.63) is 28.8 Å². The molecule has 0 heterocycles. The lowest BCUT2D eigenvalue weighted by atomic mass is 10.2. The minimum absolute atomic E-state index is 0.0470. The minimum Gasteiger partial charge on any atom is -0.488 e. The van der Waals surface area contributed by atoms with Gasteiger partial charge in [-0.3, -0.25) is 0 Å². The third-order valence-electron chi connectivity index (χ3n) is 1.55. The van der Waals surface area contributed by atoms with Crippen LogP contribution >= 0.6 is 11.6 Å². The summed E-state index contributed by atoms with van der Waals surface area (Å²) >= 11 is 5.59. The lowest BCUT2D eigenvalue weighted by molar-refractivity contribution is 0.0695. The molecular formula is C9H7ClF2O3. The number of ether oxygens (including phenoxy) is 1. The average molecular weight is 237 g/mol. The van der Waals surface area contributed by atoms with Gasteiger partial charge in [0.1, 0.15) is 12.4 Å². The number of rotatable bonds is 4. The monoisotopic (exact) mass is 236 g/mol. The zero-order valence-corrected chi connectivity index (χ0v) is 8.17. The van der Waals surface area contributed by atoms with Crippen molar-refractivity contribution in [3.63, 3.8) is 0 Å². The molecule has 0 aliphatic heterocycles. The Labute approximate surface area is 89.2 Å². The van der Waals surface area contributed by atoms with Crippen molar-refractivity contribution >= 4 is 17.6 Å². The Morgan fingerprint density at radius 3 is 2.67 bits per heavy atom. The molecule has 0 saturated heterocycles. The molecule has 1 aromatic rings. The van der Waals surface area contributed by atoms with E-state index in [4.69, 9.17) is 16.7 Å². The number of aromatic carboxylic acids is 1. The smallest absolute Gasteiger partial charge is 0.337 e. The summed E-state index contributed by atoms with van der Waals surface area (Å²) in [5, 5.41) is 8.58. The van der Waals surface area contributed by atoms with E-state index >= 15 is 0 Å². The van der Waals surface area contributed by atoms with Crippen LogP contribution in [0.5, 0.6) is 5.75 Å². The van der Waals surface area contributed by atoms with Crippen molar-refractivity contribution in [2.75, 3.05) is 6.61 Å². The first kappa shape index (κ1) is 11.7. The summed E-state index contributed by atoms with van der Waals surface area (Å²) in [6.45, 7) is -0.747. The van der Waals surface area contributed by atoms with E-state index < -0.39 is 19.0 Å². The third kappa shape index (κ3) is 3.36. The number of carbonyl (C=O) groups is 1. The minimum atomic E-state index is -2.58. The Morgan fingerprint density at radius 1 is 1.53 bits per heavy atom. The summed E-state index contributed by atoms with van der Waals surface area (Å²) in [6, 6.07) is 3.66. The van der Waals surface area contributed by atoms with Gasteiger partial charge in [-0.15, -0.1) is 0 Å². The lowest BCUT2D eigenvalue weighted by Crippen LogP contribution is -2.07. The van der Waals surface area contributed by atoms with E-state index in [-0.39, 0.29) is 16.3 Å². The standard InChI is InChI=1S/C9H7ClF2O3/c10-7-3-5(15-4-8(11)12)1-2-6(7)9(13)14/h1-3,8H,4H2,(H,13,14). The SMILES string of the molecule is O=C(O)c1ccc(OCC(F)F)cc1Cl. The van der Waals surface area contributed by atoms with Crippen LogP contribution in [0.2, 0.25) is 5.02 Å². The van der Waals surface area contributed by atoms with E-state index in [0.29, 0.717) is 0 Å². The van der Waals surface area contributed by atoms with Crippen LogP contribution in [-0.2, 0) is 0 Å². The molecule has 82 valence electrons. The summed E-state index contributed by atoms with van der Waals surface area (Å²) < 4.78 is 28.2. The summed E-state index contributed by atoms with van der Waals surface area (Å²) in [5.74, 6) is -1.06. The third-order valence-corrected chi connectivity index (χ3v) is 1.86. The highest BCUT2D eigenvalue weighted by molar-refractivity contribution is 6.33. The second-order valence-corrected chi connectivity index (χ2v) is 3.06. The van der Waals surface area contributed by atoms with Gasteiger partial charge >= 0.3 is 5.97 Å². The molecule has 0 atom stereocenters. The van der Waals surface area contributed by atoms with Gasteiger partial charge in [-0.1, -0.05) is 11.6 Å². The number of halogens is 3. The molecule has 1 N–H and O–H groups in total. The van der Waals surface area contributed by atoms with Gasteiger partial charge in [0.2, 0.25) is 0 Å². The van der Waals surface area contributed by atoms with E-state index in [2.05, 4.69) is 4.74 Å². The van der Waals surface area contributed by atoms with Crippen molar-refractivity contribution in [3.8, 4) is 5.75 Å². The molecular weight excluding hydrogens is 230 g/mol. The fourth-order valence-corrected chi connectivity index (χ4v) is 1.17. The second kappa shape index (κ2) is 4.93. The fraction of sp³-hybridized carbons (Fsp3) is 0.222. The van der Waals surface area contributed by atoms with E-state index in [0.717, 1.165) is 0 Å². The van der Waals surface area contributed by atoms with Gasteiger partial charge < -0.3 is 9.84 Å². The molecule has 3 nitrogen and oxygen atoms in total. The highest BCUT2D eigenvalue weighted by atomic mass is 35.5. The molecule has 0 aliphatic carbocycles. The van der Waals surface area contributed by atoms with Crippen LogP contribution in [0.25, 0.3) is 0 Å². The van der Waals surface area contributed by atoms with Crippen molar-refractivity contribution in [1.82, 2.24) is 0 Å². The van der Waals surface area contributed by atoms with Crippen LogP contribution in [0.1, 0.15) is 10.4 Å². The Balaban J connectivity index is 2.78. The molecule has 0 saturated carbocycles. The molecule has 1 aromatic carbocycles. The number of carboxylic acid groups (broad SMARTS) is 1. The van der Waals surface area contributed by atoms with E-state index in [1.807, 2.05) is 0 Å². The zero-order chi connectivity index (χ0) is 11.4. The zero-order valence-electron chi connectivity index (χ0n) is 7.41.